The molecule has 0 amide bonds. The van der Waals surface area contributed by atoms with Crippen LogP contribution in [0.4, 0.5) is 0 Å². The second kappa shape index (κ2) is 2.54. The Kier molecular flexibility index (Phi) is 2.04. The van der Waals surface area contributed by atoms with E-state index in [0.29, 0.717) is 12.3 Å². The lowest BCUT2D eigenvalue weighted by Crippen LogP contribution is -2.39. The monoisotopic (exact) mass is 160 g/mol. The third-order valence-electron chi connectivity index (χ3n) is 2.51. The molecule has 2 atom stereocenters. The Morgan fingerprint density at radius 3 is 2.70 bits per heavy atom. The Morgan fingerprint density at radius 1 is 1.70 bits per heavy atom. The average molecular weight is 161 g/mol. The molecule has 2 unspecified atom stereocenters. The van der Waals surface area contributed by atoms with Gasteiger partial charge in [-0.1, -0.05) is 6.92 Å². The molecule has 1 fully saturated rings. The van der Waals surface area contributed by atoms with Crippen LogP contribution in [0.5, 0.6) is 0 Å². The van der Waals surface area contributed by atoms with Crippen molar-refractivity contribution < 1.29 is 4.79 Å². The Morgan fingerprint density at radius 2 is 2.30 bits per heavy atom. The molecule has 10 heavy (non-hydrogen) atoms. The topological polar surface area (TPSA) is 17.1 Å². The van der Waals surface area contributed by atoms with Gasteiger partial charge in [0, 0.05) is 6.42 Å². The summed E-state index contributed by atoms with van der Waals surface area (Å²) in [5.74, 6) is 0.559. The number of halogens is 1. The van der Waals surface area contributed by atoms with Gasteiger partial charge in [-0.2, -0.15) is 0 Å². The zero-order chi connectivity index (χ0) is 7.78. The van der Waals surface area contributed by atoms with Crippen molar-refractivity contribution in [2.75, 3.05) is 0 Å². The third kappa shape index (κ3) is 1.20. The zero-order valence-electron chi connectivity index (χ0n) is 6.48. The van der Waals surface area contributed by atoms with Crippen LogP contribution in [-0.2, 0) is 4.79 Å². The molecule has 2 heteroatoms. The minimum atomic E-state index is -0.571. The van der Waals surface area contributed by atoms with Gasteiger partial charge in [0.25, 0.3) is 0 Å². The predicted molar refractivity (Wildman–Crippen MR) is 42.3 cm³/mol. The van der Waals surface area contributed by atoms with Crippen molar-refractivity contribution in [1.82, 2.24) is 0 Å². The van der Waals surface area contributed by atoms with Crippen molar-refractivity contribution in [2.45, 2.75) is 38.0 Å². The van der Waals surface area contributed by atoms with Gasteiger partial charge in [-0.15, -0.1) is 11.6 Å². The van der Waals surface area contributed by atoms with Crippen LogP contribution in [0, 0.1) is 5.92 Å². The van der Waals surface area contributed by atoms with Crippen molar-refractivity contribution in [3.05, 3.63) is 0 Å². The summed E-state index contributed by atoms with van der Waals surface area (Å²) >= 11 is 6.02. The summed E-state index contributed by atoms with van der Waals surface area (Å²) < 4.78 is 0. The number of ketones is 1. The SMILES string of the molecule is CC1CCCC(=O)C1(C)Cl. The summed E-state index contributed by atoms with van der Waals surface area (Å²) in [5, 5.41) is 0. The van der Waals surface area contributed by atoms with E-state index in [0.717, 1.165) is 12.8 Å². The zero-order valence-corrected chi connectivity index (χ0v) is 7.24. The van der Waals surface area contributed by atoms with Crippen LogP contribution < -0.4 is 0 Å². The molecule has 1 rings (SSSR count). The summed E-state index contributed by atoms with van der Waals surface area (Å²) in [6.45, 7) is 3.88. The number of Topliss-reactive ketones (excluding diaryl/α,β-unsaturated/α-hetero) is 1. The van der Waals surface area contributed by atoms with Crippen LogP contribution in [0.3, 0.4) is 0 Å². The molecule has 0 spiro atoms. The van der Waals surface area contributed by atoms with Crippen LogP contribution in [0.1, 0.15) is 33.1 Å². The van der Waals surface area contributed by atoms with E-state index in [1.165, 1.54) is 0 Å². The first-order valence-electron chi connectivity index (χ1n) is 3.77. The summed E-state index contributed by atoms with van der Waals surface area (Å²) in [6.07, 6.45) is 2.78. The van der Waals surface area contributed by atoms with Crippen molar-refractivity contribution in [1.29, 1.82) is 0 Å². The summed E-state index contributed by atoms with van der Waals surface area (Å²) in [5.41, 5.74) is 0. The van der Waals surface area contributed by atoms with E-state index in [1.54, 1.807) is 0 Å². The Hall–Kier alpha value is -0.0400. The van der Waals surface area contributed by atoms with E-state index in [9.17, 15) is 4.79 Å². The highest BCUT2D eigenvalue weighted by atomic mass is 35.5. The predicted octanol–water partition coefficient (Wildman–Crippen LogP) is 2.37. The number of alkyl halides is 1. The first kappa shape index (κ1) is 8.06. The first-order chi connectivity index (χ1) is 4.55. The van der Waals surface area contributed by atoms with E-state index in [2.05, 4.69) is 0 Å². The average Bonchev–Trinajstić information content (AvgIpc) is 1.84. The standard InChI is InChI=1S/C8H13ClO/c1-6-4-3-5-7(10)8(6,2)9/h6H,3-5H2,1-2H3. The van der Waals surface area contributed by atoms with Crippen LogP contribution in [0.2, 0.25) is 0 Å². The second-order valence-electron chi connectivity index (χ2n) is 3.29. The van der Waals surface area contributed by atoms with Crippen LogP contribution >= 0.6 is 11.6 Å². The van der Waals surface area contributed by atoms with Gasteiger partial charge in [-0.25, -0.2) is 0 Å². The van der Waals surface area contributed by atoms with Crippen LogP contribution in [0.25, 0.3) is 0 Å². The number of hydrogen-bond acceptors (Lipinski definition) is 1. The largest absolute Gasteiger partial charge is 0.298 e. The molecule has 0 aromatic rings. The fourth-order valence-electron chi connectivity index (χ4n) is 1.36. The van der Waals surface area contributed by atoms with Gasteiger partial charge in [-0.3, -0.25) is 4.79 Å². The quantitative estimate of drug-likeness (QED) is 0.498. The Balaban J connectivity index is 2.73. The fourth-order valence-corrected chi connectivity index (χ4v) is 1.56. The van der Waals surface area contributed by atoms with Crippen molar-refractivity contribution in [3.63, 3.8) is 0 Å². The molecular weight excluding hydrogens is 148 g/mol. The van der Waals surface area contributed by atoms with E-state index >= 15 is 0 Å². The number of carbonyl (C=O) groups excluding carboxylic acids is 1. The normalized spacial score (nSPS) is 41.9. The molecule has 1 aliphatic rings. The number of carbonyl (C=O) groups is 1. The molecule has 0 aliphatic heterocycles. The Labute approximate surface area is 66.8 Å². The highest BCUT2D eigenvalue weighted by molar-refractivity contribution is 6.35. The lowest BCUT2D eigenvalue weighted by molar-refractivity contribution is -0.124. The fraction of sp³-hybridized carbons (Fsp3) is 0.875. The van der Waals surface area contributed by atoms with Crippen molar-refractivity contribution in [3.8, 4) is 0 Å². The highest BCUT2D eigenvalue weighted by Gasteiger charge is 2.38. The van der Waals surface area contributed by atoms with E-state index in [4.69, 9.17) is 11.6 Å². The van der Waals surface area contributed by atoms with Crippen molar-refractivity contribution in [2.24, 2.45) is 5.92 Å². The van der Waals surface area contributed by atoms with Gasteiger partial charge in [0.2, 0.25) is 0 Å². The van der Waals surface area contributed by atoms with E-state index < -0.39 is 4.87 Å². The second-order valence-corrected chi connectivity index (χ2v) is 4.08. The smallest absolute Gasteiger partial charge is 0.153 e. The van der Waals surface area contributed by atoms with Gasteiger partial charge >= 0.3 is 0 Å². The molecule has 0 bridgehead atoms. The van der Waals surface area contributed by atoms with Crippen LogP contribution in [0.15, 0.2) is 0 Å². The molecule has 58 valence electrons. The maximum Gasteiger partial charge on any atom is 0.153 e. The van der Waals surface area contributed by atoms with Gasteiger partial charge in [-0.05, 0) is 25.7 Å². The molecule has 1 saturated carbocycles. The van der Waals surface area contributed by atoms with Crippen LogP contribution in [-0.4, -0.2) is 10.7 Å². The molecular formula is C8H13ClO. The summed E-state index contributed by atoms with van der Waals surface area (Å²) in [4.78, 5) is 10.6. The van der Waals surface area contributed by atoms with E-state index in [-0.39, 0.29) is 5.78 Å². The lowest BCUT2D eigenvalue weighted by atomic mass is 9.80. The third-order valence-corrected chi connectivity index (χ3v) is 3.09. The number of hydrogen-bond donors (Lipinski definition) is 0. The van der Waals surface area contributed by atoms with E-state index in [1.807, 2.05) is 13.8 Å². The minimum Gasteiger partial charge on any atom is -0.298 e. The maximum absolute atomic E-state index is 11.2. The van der Waals surface area contributed by atoms with Gasteiger partial charge in [0.05, 0.1) is 0 Å². The van der Waals surface area contributed by atoms with Crippen molar-refractivity contribution >= 4 is 17.4 Å². The Bertz CT molecular complexity index is 151. The molecule has 0 heterocycles. The molecule has 0 aromatic carbocycles. The molecule has 0 radical (unpaired) electrons. The molecule has 0 aromatic heterocycles. The molecule has 1 nitrogen and oxygen atoms in total. The lowest BCUT2D eigenvalue weighted by Gasteiger charge is -2.32. The van der Waals surface area contributed by atoms with Gasteiger partial charge < -0.3 is 0 Å². The highest BCUT2D eigenvalue weighted by Crippen LogP contribution is 2.35. The minimum absolute atomic E-state index is 0.216. The molecule has 1 aliphatic carbocycles. The van der Waals surface area contributed by atoms with Gasteiger partial charge in [0.15, 0.2) is 5.78 Å². The summed E-state index contributed by atoms with van der Waals surface area (Å²) in [6, 6.07) is 0. The number of rotatable bonds is 0. The molecule has 0 N–H and O–H groups in total. The first-order valence-corrected chi connectivity index (χ1v) is 4.15. The summed E-state index contributed by atoms with van der Waals surface area (Å²) in [7, 11) is 0. The van der Waals surface area contributed by atoms with Gasteiger partial charge in [0.1, 0.15) is 4.87 Å². The maximum atomic E-state index is 11.2. The molecule has 0 saturated heterocycles.